The number of nitrogens with one attached hydrogen (secondary N) is 1. The Labute approximate surface area is 138 Å². The van der Waals surface area contributed by atoms with E-state index in [1.165, 1.54) is 0 Å². The molecule has 1 saturated heterocycles. The first-order valence-electron chi connectivity index (χ1n) is 6.72. The normalized spacial score (nSPS) is 14.9. The Hall–Kier alpha value is -0.600. The number of carbonyl (C=O) groups excluding carboxylic acids is 2. The van der Waals surface area contributed by atoms with Crippen molar-refractivity contribution in [1.29, 1.82) is 0 Å². The van der Waals surface area contributed by atoms with Gasteiger partial charge in [-0.15, -0.1) is 24.8 Å². The molecule has 1 aliphatic heterocycles. The zero-order valence-electron chi connectivity index (χ0n) is 12.4. The fourth-order valence-corrected chi connectivity index (χ4v) is 1.92. The lowest BCUT2D eigenvalue weighted by Gasteiger charge is -2.34. The molecule has 1 rings (SSSR count). The number of nitrogens with zero attached hydrogens (tertiary/aromatic N) is 2. The minimum atomic E-state index is -0.302. The Balaban J connectivity index is 0. The molecule has 1 heterocycles. The van der Waals surface area contributed by atoms with Crippen molar-refractivity contribution in [2.45, 2.75) is 6.92 Å². The summed E-state index contributed by atoms with van der Waals surface area (Å²) in [7, 11) is 0. The summed E-state index contributed by atoms with van der Waals surface area (Å²) >= 11 is 0. The zero-order chi connectivity index (χ0) is 14.1. The molecule has 0 bridgehead atoms. The maximum atomic E-state index is 11.8. The Morgan fingerprint density at radius 2 is 1.81 bits per heavy atom. The summed E-state index contributed by atoms with van der Waals surface area (Å²) in [6.07, 6.45) is 0. The summed E-state index contributed by atoms with van der Waals surface area (Å²) in [6.45, 7) is 7.40. The first kappa shape index (κ1) is 22.7. The van der Waals surface area contributed by atoms with Gasteiger partial charge in [-0.1, -0.05) is 0 Å². The topological polar surface area (TPSA) is 87.9 Å². The van der Waals surface area contributed by atoms with Crippen molar-refractivity contribution in [2.24, 2.45) is 5.73 Å². The molecule has 2 amide bonds. The number of rotatable bonds is 7. The molecule has 1 fully saturated rings. The SMILES string of the molecule is CCOCCN1CCN(C(=O)CNC(=O)CN)CC1.Cl.Cl. The summed E-state index contributed by atoms with van der Waals surface area (Å²) in [6, 6.07) is 0. The molecule has 0 aromatic carbocycles. The second-order valence-corrected chi connectivity index (χ2v) is 4.40. The molecule has 9 heteroatoms. The lowest BCUT2D eigenvalue weighted by Crippen LogP contribution is -2.52. The second kappa shape index (κ2) is 13.1. The van der Waals surface area contributed by atoms with Gasteiger partial charge in [0, 0.05) is 39.3 Å². The maximum absolute atomic E-state index is 11.8. The standard InChI is InChI=1S/C12H24N4O3.2ClH/c1-2-19-8-7-15-3-5-16(6-4-15)12(18)10-14-11(17)9-13;;/h2-10,13H2,1H3,(H,14,17);2*1H. The van der Waals surface area contributed by atoms with Crippen molar-refractivity contribution >= 4 is 36.6 Å². The maximum Gasteiger partial charge on any atom is 0.242 e. The van der Waals surface area contributed by atoms with Crippen LogP contribution in [0, 0.1) is 0 Å². The summed E-state index contributed by atoms with van der Waals surface area (Å²) < 4.78 is 5.31. The van der Waals surface area contributed by atoms with Gasteiger partial charge in [-0.2, -0.15) is 0 Å². The van der Waals surface area contributed by atoms with Gasteiger partial charge < -0.3 is 20.7 Å². The van der Waals surface area contributed by atoms with Crippen LogP contribution in [0.1, 0.15) is 6.92 Å². The van der Waals surface area contributed by atoms with E-state index in [1.807, 2.05) is 6.92 Å². The van der Waals surface area contributed by atoms with Crippen molar-refractivity contribution < 1.29 is 14.3 Å². The Morgan fingerprint density at radius 1 is 1.19 bits per heavy atom. The van der Waals surface area contributed by atoms with Gasteiger partial charge in [0.1, 0.15) is 0 Å². The fraction of sp³-hybridized carbons (Fsp3) is 0.833. The summed E-state index contributed by atoms with van der Waals surface area (Å²) in [5.74, 6) is -0.352. The highest BCUT2D eigenvalue weighted by Crippen LogP contribution is 2.01. The van der Waals surface area contributed by atoms with Gasteiger partial charge in [0.15, 0.2) is 0 Å². The van der Waals surface area contributed by atoms with Gasteiger partial charge in [0.25, 0.3) is 0 Å². The van der Waals surface area contributed by atoms with Crippen molar-refractivity contribution in [2.75, 3.05) is 59.0 Å². The molecule has 7 nitrogen and oxygen atoms in total. The molecule has 0 radical (unpaired) electrons. The number of nitrogens with two attached hydrogens (primary N) is 1. The van der Waals surface area contributed by atoms with E-state index in [9.17, 15) is 9.59 Å². The fourth-order valence-electron chi connectivity index (χ4n) is 1.92. The van der Waals surface area contributed by atoms with E-state index >= 15 is 0 Å². The molecule has 0 aromatic heterocycles. The quantitative estimate of drug-likeness (QED) is 0.583. The van der Waals surface area contributed by atoms with E-state index in [2.05, 4.69) is 10.2 Å². The average molecular weight is 345 g/mol. The molecule has 0 aliphatic carbocycles. The van der Waals surface area contributed by atoms with Gasteiger partial charge >= 0.3 is 0 Å². The Morgan fingerprint density at radius 3 is 2.33 bits per heavy atom. The molecule has 3 N–H and O–H groups in total. The highest BCUT2D eigenvalue weighted by atomic mass is 35.5. The Bertz CT molecular complexity index is 300. The minimum absolute atomic E-state index is 0. The van der Waals surface area contributed by atoms with Gasteiger partial charge in [0.2, 0.25) is 11.8 Å². The van der Waals surface area contributed by atoms with Gasteiger partial charge in [0.05, 0.1) is 19.7 Å². The van der Waals surface area contributed by atoms with E-state index in [1.54, 1.807) is 4.90 Å². The number of amides is 2. The molecule has 0 atom stereocenters. The molecule has 0 aromatic rings. The molecule has 1 aliphatic rings. The van der Waals surface area contributed by atoms with E-state index in [-0.39, 0.29) is 49.7 Å². The molecule has 0 saturated carbocycles. The Kier molecular flexibility index (Phi) is 14.1. The first-order valence-corrected chi connectivity index (χ1v) is 6.72. The number of ether oxygens (including phenoxy) is 1. The van der Waals surface area contributed by atoms with Crippen LogP contribution in [0.25, 0.3) is 0 Å². The number of carbonyl (C=O) groups is 2. The van der Waals surface area contributed by atoms with Crippen molar-refractivity contribution in [3.8, 4) is 0 Å². The van der Waals surface area contributed by atoms with Crippen LogP contribution in [0.5, 0.6) is 0 Å². The molecule has 0 unspecified atom stereocenters. The van der Waals surface area contributed by atoms with Crippen LogP contribution in [0.4, 0.5) is 0 Å². The molecular formula is C12H26Cl2N4O3. The van der Waals surface area contributed by atoms with Crippen LogP contribution in [0.2, 0.25) is 0 Å². The summed E-state index contributed by atoms with van der Waals surface area (Å²) in [5, 5.41) is 2.49. The van der Waals surface area contributed by atoms with Crippen molar-refractivity contribution in [3.63, 3.8) is 0 Å². The summed E-state index contributed by atoms with van der Waals surface area (Å²) in [4.78, 5) is 26.8. The second-order valence-electron chi connectivity index (χ2n) is 4.40. The number of hydrogen-bond donors (Lipinski definition) is 2. The summed E-state index contributed by atoms with van der Waals surface area (Å²) in [5.41, 5.74) is 5.16. The highest BCUT2D eigenvalue weighted by Gasteiger charge is 2.20. The lowest BCUT2D eigenvalue weighted by molar-refractivity contribution is -0.134. The van der Waals surface area contributed by atoms with Crippen LogP contribution < -0.4 is 11.1 Å². The molecule has 0 spiro atoms. The number of piperazine rings is 1. The number of halogens is 2. The van der Waals surface area contributed by atoms with Crippen LogP contribution in [-0.2, 0) is 14.3 Å². The van der Waals surface area contributed by atoms with Gasteiger partial charge in [-0.25, -0.2) is 0 Å². The molecule has 21 heavy (non-hydrogen) atoms. The van der Waals surface area contributed by atoms with Gasteiger partial charge in [-0.3, -0.25) is 14.5 Å². The molecule has 126 valence electrons. The monoisotopic (exact) mass is 344 g/mol. The van der Waals surface area contributed by atoms with E-state index < -0.39 is 0 Å². The third-order valence-electron chi connectivity index (χ3n) is 3.10. The van der Waals surface area contributed by atoms with Crippen molar-refractivity contribution in [1.82, 2.24) is 15.1 Å². The van der Waals surface area contributed by atoms with E-state index in [0.29, 0.717) is 13.1 Å². The average Bonchev–Trinajstić information content (AvgIpc) is 2.45. The minimum Gasteiger partial charge on any atom is -0.380 e. The zero-order valence-corrected chi connectivity index (χ0v) is 14.0. The lowest BCUT2D eigenvalue weighted by atomic mass is 10.3. The van der Waals surface area contributed by atoms with Crippen LogP contribution >= 0.6 is 24.8 Å². The van der Waals surface area contributed by atoms with Crippen LogP contribution in [0.15, 0.2) is 0 Å². The van der Waals surface area contributed by atoms with E-state index in [4.69, 9.17) is 10.5 Å². The third kappa shape index (κ3) is 9.10. The van der Waals surface area contributed by atoms with Crippen molar-refractivity contribution in [3.05, 3.63) is 0 Å². The van der Waals surface area contributed by atoms with Crippen LogP contribution in [0.3, 0.4) is 0 Å². The largest absolute Gasteiger partial charge is 0.380 e. The number of hydrogen-bond acceptors (Lipinski definition) is 5. The predicted molar refractivity (Wildman–Crippen MR) is 86.1 cm³/mol. The third-order valence-corrected chi connectivity index (χ3v) is 3.10. The predicted octanol–water partition coefficient (Wildman–Crippen LogP) is -0.914. The smallest absolute Gasteiger partial charge is 0.242 e. The molecular weight excluding hydrogens is 319 g/mol. The van der Waals surface area contributed by atoms with Gasteiger partial charge in [-0.05, 0) is 6.92 Å². The first-order chi connectivity index (χ1) is 9.17. The van der Waals surface area contributed by atoms with E-state index in [0.717, 1.165) is 32.8 Å². The van der Waals surface area contributed by atoms with Crippen LogP contribution in [-0.4, -0.2) is 80.6 Å². The highest BCUT2D eigenvalue weighted by molar-refractivity contribution is 5.86.